The summed E-state index contributed by atoms with van der Waals surface area (Å²) in [7, 11) is 1.94. The van der Waals surface area contributed by atoms with Crippen molar-refractivity contribution in [2.75, 3.05) is 20.1 Å². The minimum Gasteiger partial charge on any atom is -0.337 e. The van der Waals surface area contributed by atoms with E-state index in [1.165, 1.54) is 49.2 Å². The van der Waals surface area contributed by atoms with Crippen LogP contribution in [0.3, 0.4) is 0 Å². The molecule has 1 aliphatic heterocycles. The van der Waals surface area contributed by atoms with Gasteiger partial charge in [0.15, 0.2) is 0 Å². The zero-order valence-electron chi connectivity index (χ0n) is 16.5. The Bertz CT molecular complexity index is 819. The largest absolute Gasteiger partial charge is 0.337 e. The van der Waals surface area contributed by atoms with Crippen LogP contribution in [0.5, 0.6) is 0 Å². The second kappa shape index (κ2) is 8.97. The molecule has 0 bridgehead atoms. The van der Waals surface area contributed by atoms with Crippen LogP contribution in [0.15, 0.2) is 54.6 Å². The number of carbonyl (C=O) groups is 1. The third kappa shape index (κ3) is 4.39. The first-order chi connectivity index (χ1) is 13.5. The molecule has 0 aromatic heterocycles. The van der Waals surface area contributed by atoms with Crippen LogP contribution in [0.2, 0.25) is 0 Å². The fourth-order valence-corrected chi connectivity index (χ4v) is 4.17. The van der Waals surface area contributed by atoms with Gasteiger partial charge in [0.1, 0.15) is 0 Å². The Kier molecular flexibility index (Phi) is 6.41. The molecule has 0 saturated carbocycles. The number of likely N-dealkylation sites (N-methyl/N-ethyl adjacent to an activating group) is 1. The molecule has 2 unspecified atom stereocenters. The van der Waals surface area contributed by atoms with Crippen LogP contribution in [-0.2, 0) is 11.2 Å². The van der Waals surface area contributed by atoms with E-state index in [4.69, 9.17) is 0 Å². The molecule has 0 spiro atoms. The molecular formula is C22H27N3O3. The van der Waals surface area contributed by atoms with E-state index in [-0.39, 0.29) is 17.6 Å². The van der Waals surface area contributed by atoms with Gasteiger partial charge in [0.2, 0.25) is 5.91 Å². The Labute approximate surface area is 165 Å². The Hall–Kier alpha value is -2.73. The highest BCUT2D eigenvalue weighted by Gasteiger charge is 2.39. The van der Waals surface area contributed by atoms with Gasteiger partial charge in [-0.15, -0.1) is 0 Å². The summed E-state index contributed by atoms with van der Waals surface area (Å²) in [5.41, 5.74) is 2.90. The molecule has 0 radical (unpaired) electrons. The van der Waals surface area contributed by atoms with Crippen LogP contribution >= 0.6 is 0 Å². The van der Waals surface area contributed by atoms with Crippen molar-refractivity contribution in [1.29, 1.82) is 0 Å². The van der Waals surface area contributed by atoms with E-state index in [9.17, 15) is 14.9 Å². The number of fused-ring (bicyclic) bond motifs is 1. The Morgan fingerprint density at radius 1 is 1.07 bits per heavy atom. The van der Waals surface area contributed by atoms with E-state index in [1.54, 1.807) is 25.1 Å². The summed E-state index contributed by atoms with van der Waals surface area (Å²) in [5.74, 6) is 0.158. The van der Waals surface area contributed by atoms with Crippen LogP contribution < -0.4 is 0 Å². The van der Waals surface area contributed by atoms with Crippen LogP contribution in [0, 0.1) is 10.1 Å². The lowest BCUT2D eigenvalue weighted by Crippen LogP contribution is -2.43. The average molecular weight is 381 g/mol. The maximum absolute atomic E-state index is 11.8. The third-order valence-electron chi connectivity index (χ3n) is 5.66. The van der Waals surface area contributed by atoms with Crippen molar-refractivity contribution >= 4 is 11.6 Å². The van der Waals surface area contributed by atoms with Gasteiger partial charge in [0, 0.05) is 32.1 Å². The van der Waals surface area contributed by atoms with E-state index in [0.717, 1.165) is 6.42 Å². The third-order valence-corrected chi connectivity index (χ3v) is 5.66. The molecule has 6 heteroatoms. The lowest BCUT2D eigenvalue weighted by atomic mass is 10.0. The number of para-hydroxylation sites is 1. The lowest BCUT2D eigenvalue weighted by Gasteiger charge is -2.35. The van der Waals surface area contributed by atoms with Crippen molar-refractivity contribution in [3.8, 4) is 0 Å². The second-order valence-electron chi connectivity index (χ2n) is 7.38. The van der Waals surface area contributed by atoms with Crippen LogP contribution in [0.25, 0.3) is 0 Å². The number of nitro benzene ring substituents is 1. The van der Waals surface area contributed by atoms with Gasteiger partial charge in [0.05, 0.1) is 11.0 Å². The normalized spacial score (nSPS) is 20.8. The van der Waals surface area contributed by atoms with E-state index in [0.29, 0.717) is 6.04 Å². The second-order valence-corrected chi connectivity index (χ2v) is 7.38. The number of carbonyl (C=O) groups excluding carboxylic acids is 1. The predicted octanol–water partition coefficient (Wildman–Crippen LogP) is 3.82. The van der Waals surface area contributed by atoms with Crippen molar-refractivity contribution in [3.05, 3.63) is 75.8 Å². The number of hydrogen-bond acceptors (Lipinski definition) is 4. The zero-order chi connectivity index (χ0) is 20.1. The zero-order valence-corrected chi connectivity index (χ0v) is 16.5. The first-order valence-electron chi connectivity index (χ1n) is 9.73. The summed E-state index contributed by atoms with van der Waals surface area (Å²) in [6.45, 7) is 4.03. The number of benzene rings is 2. The number of nitrogens with zero attached hydrogens (tertiary/aromatic N) is 3. The highest BCUT2D eigenvalue weighted by Crippen LogP contribution is 2.39. The molecule has 2 aromatic carbocycles. The highest BCUT2D eigenvalue weighted by molar-refractivity contribution is 5.74. The maximum atomic E-state index is 11.8. The summed E-state index contributed by atoms with van der Waals surface area (Å²) in [5, 5.41) is 10.0. The van der Waals surface area contributed by atoms with Gasteiger partial charge >= 0.3 is 0 Å². The van der Waals surface area contributed by atoms with Crippen LogP contribution in [0.4, 0.5) is 5.69 Å². The molecule has 2 atom stereocenters. The molecule has 0 N–H and O–H groups in total. The molecule has 148 valence electrons. The Morgan fingerprint density at radius 2 is 1.68 bits per heavy atom. The molecule has 1 aliphatic carbocycles. The van der Waals surface area contributed by atoms with Gasteiger partial charge in [-0.25, -0.2) is 0 Å². The van der Waals surface area contributed by atoms with E-state index in [1.807, 2.05) is 11.9 Å². The standard InChI is InChI=1S/C16H22N2O.C6H5NO2/c1-12(19)17(2)16-14-8-4-3-7-13(14)11-15(16)18-9-5-6-10-18;8-7(9)6-4-2-1-3-5-6/h3-4,7-8,15-16H,5-6,9-11H2,1-2H3;1-5H. The lowest BCUT2D eigenvalue weighted by molar-refractivity contribution is -0.384. The molecule has 4 rings (SSSR count). The SMILES string of the molecule is CC(=O)N(C)C1c2ccccc2CC1N1CCCC1.O=[N+]([O-])c1ccccc1. The summed E-state index contributed by atoms with van der Waals surface area (Å²) in [6, 6.07) is 17.2. The predicted molar refractivity (Wildman–Crippen MR) is 109 cm³/mol. The van der Waals surface area contributed by atoms with Crippen LogP contribution in [0.1, 0.15) is 36.9 Å². The fraction of sp³-hybridized carbons (Fsp3) is 0.409. The first-order valence-corrected chi connectivity index (χ1v) is 9.73. The van der Waals surface area contributed by atoms with Crippen molar-refractivity contribution in [2.24, 2.45) is 0 Å². The van der Waals surface area contributed by atoms with E-state index < -0.39 is 4.92 Å². The van der Waals surface area contributed by atoms with Crippen molar-refractivity contribution in [2.45, 2.75) is 38.3 Å². The smallest absolute Gasteiger partial charge is 0.269 e. The van der Waals surface area contributed by atoms with Crippen molar-refractivity contribution in [3.63, 3.8) is 0 Å². The summed E-state index contributed by atoms with van der Waals surface area (Å²) in [4.78, 5) is 25.9. The topological polar surface area (TPSA) is 66.7 Å². The van der Waals surface area contributed by atoms with E-state index in [2.05, 4.69) is 29.2 Å². The van der Waals surface area contributed by atoms with Gasteiger partial charge in [-0.2, -0.15) is 0 Å². The molecule has 1 heterocycles. The molecule has 1 amide bonds. The number of non-ortho nitro benzene ring substituents is 1. The number of nitro groups is 1. The van der Waals surface area contributed by atoms with Gasteiger partial charge in [0.25, 0.3) is 5.69 Å². The molecule has 28 heavy (non-hydrogen) atoms. The first kappa shape index (κ1) is 20.0. The summed E-state index contributed by atoms with van der Waals surface area (Å²) >= 11 is 0. The minimum atomic E-state index is -0.417. The minimum absolute atomic E-state index is 0.137. The van der Waals surface area contributed by atoms with Gasteiger partial charge in [-0.3, -0.25) is 19.8 Å². The maximum Gasteiger partial charge on any atom is 0.269 e. The molecule has 1 saturated heterocycles. The summed E-state index contributed by atoms with van der Waals surface area (Å²) in [6.07, 6.45) is 3.67. The quantitative estimate of drug-likeness (QED) is 0.599. The van der Waals surface area contributed by atoms with E-state index >= 15 is 0 Å². The molecule has 1 fully saturated rings. The van der Waals surface area contributed by atoms with Crippen molar-refractivity contribution in [1.82, 2.24) is 9.80 Å². The number of rotatable bonds is 3. The molecule has 2 aromatic rings. The highest BCUT2D eigenvalue weighted by atomic mass is 16.6. The Morgan fingerprint density at radius 3 is 2.25 bits per heavy atom. The van der Waals surface area contributed by atoms with Gasteiger partial charge < -0.3 is 4.90 Å². The van der Waals surface area contributed by atoms with Gasteiger partial charge in [-0.05, 0) is 43.5 Å². The monoisotopic (exact) mass is 381 g/mol. The molecular weight excluding hydrogens is 354 g/mol. The Balaban J connectivity index is 0.000000211. The fourth-order valence-electron chi connectivity index (χ4n) is 4.17. The van der Waals surface area contributed by atoms with Crippen LogP contribution in [-0.4, -0.2) is 46.8 Å². The van der Waals surface area contributed by atoms with Gasteiger partial charge in [-0.1, -0.05) is 42.5 Å². The van der Waals surface area contributed by atoms with Crippen molar-refractivity contribution < 1.29 is 9.72 Å². The average Bonchev–Trinajstić information content (AvgIpc) is 3.36. The number of hydrogen-bond donors (Lipinski definition) is 0. The number of likely N-dealkylation sites (tertiary alicyclic amines) is 1. The number of amides is 1. The molecule has 2 aliphatic rings. The summed E-state index contributed by atoms with van der Waals surface area (Å²) < 4.78 is 0. The molecule has 6 nitrogen and oxygen atoms in total.